The predicted octanol–water partition coefficient (Wildman–Crippen LogP) is 4.03. The maximum absolute atomic E-state index is 6.15. The second-order valence-electron chi connectivity index (χ2n) is 5.18. The van der Waals surface area contributed by atoms with Crippen LogP contribution >= 0.6 is 11.6 Å². The Morgan fingerprint density at radius 2 is 1.80 bits per heavy atom. The molecule has 3 nitrogen and oxygen atoms in total. The molecular formula is C16H19ClN2O. The van der Waals surface area contributed by atoms with Crippen molar-refractivity contribution >= 4 is 11.6 Å². The predicted molar refractivity (Wildman–Crippen MR) is 82.6 cm³/mol. The number of rotatable bonds is 4. The zero-order valence-corrected chi connectivity index (χ0v) is 12.7. The van der Waals surface area contributed by atoms with E-state index in [2.05, 4.69) is 4.98 Å². The van der Waals surface area contributed by atoms with Crippen LogP contribution in [-0.2, 0) is 6.42 Å². The third-order valence-electron chi connectivity index (χ3n) is 2.97. The van der Waals surface area contributed by atoms with Crippen LogP contribution in [0.15, 0.2) is 30.6 Å². The van der Waals surface area contributed by atoms with Crippen molar-refractivity contribution in [1.82, 2.24) is 4.98 Å². The first-order chi connectivity index (χ1) is 9.45. The fourth-order valence-corrected chi connectivity index (χ4v) is 2.21. The van der Waals surface area contributed by atoms with Gasteiger partial charge in [0, 0.05) is 17.3 Å². The molecule has 1 heterocycles. The minimum atomic E-state index is 0.104. The van der Waals surface area contributed by atoms with Crippen molar-refractivity contribution in [3.05, 3.63) is 52.3 Å². The summed E-state index contributed by atoms with van der Waals surface area (Å²) in [5, 5.41) is 0.779. The topological polar surface area (TPSA) is 48.1 Å². The van der Waals surface area contributed by atoms with E-state index in [1.807, 2.05) is 45.2 Å². The number of ether oxygens (including phenoxy) is 1. The van der Waals surface area contributed by atoms with Crippen molar-refractivity contribution in [3.63, 3.8) is 0 Å². The summed E-state index contributed by atoms with van der Waals surface area (Å²) < 4.78 is 5.86. The molecule has 0 aliphatic carbocycles. The van der Waals surface area contributed by atoms with Crippen molar-refractivity contribution < 1.29 is 4.74 Å². The Morgan fingerprint density at radius 1 is 1.15 bits per heavy atom. The molecule has 0 radical (unpaired) electrons. The van der Waals surface area contributed by atoms with Crippen LogP contribution in [0.2, 0.25) is 5.02 Å². The number of nitrogens with two attached hydrogens (primary N) is 1. The average molecular weight is 291 g/mol. The van der Waals surface area contributed by atoms with Gasteiger partial charge in [-0.2, -0.15) is 0 Å². The minimum Gasteiger partial charge on any atom is -0.456 e. The van der Waals surface area contributed by atoms with Crippen LogP contribution in [0.4, 0.5) is 0 Å². The third-order valence-corrected chi connectivity index (χ3v) is 3.57. The van der Waals surface area contributed by atoms with Gasteiger partial charge in [-0.1, -0.05) is 11.6 Å². The molecule has 2 aromatic rings. The number of halogens is 1. The second kappa shape index (κ2) is 6.25. The van der Waals surface area contributed by atoms with Crippen LogP contribution in [0.1, 0.15) is 23.6 Å². The lowest BCUT2D eigenvalue weighted by Gasteiger charge is -2.11. The van der Waals surface area contributed by atoms with Crippen LogP contribution in [0, 0.1) is 13.8 Å². The molecule has 1 atom stereocenters. The van der Waals surface area contributed by atoms with Crippen LogP contribution in [0.25, 0.3) is 0 Å². The summed E-state index contributed by atoms with van der Waals surface area (Å²) in [5.41, 5.74) is 8.87. The van der Waals surface area contributed by atoms with Crippen LogP contribution in [0.3, 0.4) is 0 Å². The normalized spacial score (nSPS) is 12.2. The maximum atomic E-state index is 6.15. The molecule has 0 amide bonds. The van der Waals surface area contributed by atoms with Crippen molar-refractivity contribution in [2.45, 2.75) is 33.2 Å². The molecule has 20 heavy (non-hydrogen) atoms. The SMILES string of the molecule is Cc1cc(Oc2cncc(CC(C)N)c2)cc(C)c1Cl. The molecule has 0 spiro atoms. The molecular weight excluding hydrogens is 272 g/mol. The zero-order valence-electron chi connectivity index (χ0n) is 12.0. The number of hydrogen-bond acceptors (Lipinski definition) is 3. The van der Waals surface area contributed by atoms with Gasteiger partial charge in [0.15, 0.2) is 0 Å². The van der Waals surface area contributed by atoms with Gasteiger partial charge >= 0.3 is 0 Å². The van der Waals surface area contributed by atoms with Crippen molar-refractivity contribution in [1.29, 1.82) is 0 Å². The monoisotopic (exact) mass is 290 g/mol. The van der Waals surface area contributed by atoms with Gasteiger partial charge in [-0.05, 0) is 62.1 Å². The Bertz CT molecular complexity index is 588. The highest BCUT2D eigenvalue weighted by molar-refractivity contribution is 6.32. The standard InChI is InChI=1S/C16H19ClN2O/c1-10-4-14(5-11(2)16(10)17)20-15-7-13(6-12(3)18)8-19-9-15/h4-5,7-9,12H,6,18H2,1-3H3. The lowest BCUT2D eigenvalue weighted by atomic mass is 10.1. The molecule has 0 aliphatic heterocycles. The molecule has 2 N–H and O–H groups in total. The van der Waals surface area contributed by atoms with E-state index in [9.17, 15) is 0 Å². The number of hydrogen-bond donors (Lipinski definition) is 1. The van der Waals surface area contributed by atoms with Gasteiger partial charge < -0.3 is 10.5 Å². The molecule has 1 aromatic heterocycles. The first kappa shape index (κ1) is 14.8. The van der Waals surface area contributed by atoms with Gasteiger partial charge in [-0.3, -0.25) is 4.98 Å². The van der Waals surface area contributed by atoms with E-state index in [0.29, 0.717) is 5.75 Å². The molecule has 0 bridgehead atoms. The number of nitrogens with zero attached hydrogens (tertiary/aromatic N) is 1. The van der Waals surface area contributed by atoms with Crippen LogP contribution in [-0.4, -0.2) is 11.0 Å². The van der Waals surface area contributed by atoms with E-state index in [1.165, 1.54) is 0 Å². The Hall–Kier alpha value is -1.58. The first-order valence-electron chi connectivity index (χ1n) is 6.60. The minimum absolute atomic E-state index is 0.104. The second-order valence-corrected chi connectivity index (χ2v) is 5.56. The van der Waals surface area contributed by atoms with Gasteiger partial charge in [0.25, 0.3) is 0 Å². The summed E-state index contributed by atoms with van der Waals surface area (Å²) in [4.78, 5) is 4.19. The summed E-state index contributed by atoms with van der Waals surface area (Å²) >= 11 is 6.15. The lowest BCUT2D eigenvalue weighted by Crippen LogP contribution is -2.17. The lowest BCUT2D eigenvalue weighted by molar-refractivity contribution is 0.478. The molecule has 0 saturated carbocycles. The fraction of sp³-hybridized carbons (Fsp3) is 0.312. The van der Waals surface area contributed by atoms with E-state index < -0.39 is 0 Å². The molecule has 0 aliphatic rings. The Morgan fingerprint density at radius 3 is 2.40 bits per heavy atom. The summed E-state index contributed by atoms with van der Waals surface area (Å²) in [6.07, 6.45) is 4.29. The molecule has 2 rings (SSSR count). The van der Waals surface area contributed by atoms with Crippen LogP contribution < -0.4 is 10.5 Å². The number of aryl methyl sites for hydroxylation is 2. The van der Waals surface area contributed by atoms with Crippen molar-refractivity contribution in [3.8, 4) is 11.5 Å². The zero-order chi connectivity index (χ0) is 14.7. The van der Waals surface area contributed by atoms with E-state index in [1.54, 1.807) is 6.20 Å². The van der Waals surface area contributed by atoms with Crippen LogP contribution in [0.5, 0.6) is 11.5 Å². The fourth-order valence-electron chi connectivity index (χ4n) is 2.10. The first-order valence-corrected chi connectivity index (χ1v) is 6.97. The maximum Gasteiger partial charge on any atom is 0.145 e. The number of aromatic nitrogens is 1. The van der Waals surface area contributed by atoms with Gasteiger partial charge in [-0.25, -0.2) is 0 Å². The highest BCUT2D eigenvalue weighted by Crippen LogP contribution is 2.29. The molecule has 1 unspecified atom stereocenters. The quantitative estimate of drug-likeness (QED) is 0.924. The van der Waals surface area contributed by atoms with E-state index in [4.69, 9.17) is 22.1 Å². The van der Waals surface area contributed by atoms with Gasteiger partial charge in [0.2, 0.25) is 0 Å². The molecule has 106 valence electrons. The molecule has 4 heteroatoms. The Kier molecular flexibility index (Phi) is 4.63. The number of benzene rings is 1. The van der Waals surface area contributed by atoms with Crippen molar-refractivity contribution in [2.75, 3.05) is 0 Å². The Balaban J connectivity index is 2.22. The molecule has 0 saturated heterocycles. The summed E-state index contributed by atoms with van der Waals surface area (Å²) in [6, 6.07) is 5.92. The van der Waals surface area contributed by atoms with Gasteiger partial charge in [-0.15, -0.1) is 0 Å². The molecule has 1 aromatic carbocycles. The van der Waals surface area contributed by atoms with Gasteiger partial charge in [0.1, 0.15) is 11.5 Å². The smallest absolute Gasteiger partial charge is 0.145 e. The highest BCUT2D eigenvalue weighted by Gasteiger charge is 2.06. The largest absolute Gasteiger partial charge is 0.456 e. The van der Waals surface area contributed by atoms with E-state index in [0.717, 1.165) is 33.9 Å². The Labute approximate surface area is 124 Å². The molecule has 0 fully saturated rings. The van der Waals surface area contributed by atoms with E-state index in [-0.39, 0.29) is 6.04 Å². The van der Waals surface area contributed by atoms with E-state index >= 15 is 0 Å². The summed E-state index contributed by atoms with van der Waals surface area (Å²) in [5.74, 6) is 1.48. The average Bonchev–Trinajstić information content (AvgIpc) is 2.35. The summed E-state index contributed by atoms with van der Waals surface area (Å²) in [6.45, 7) is 5.90. The number of pyridine rings is 1. The summed E-state index contributed by atoms with van der Waals surface area (Å²) in [7, 11) is 0. The third kappa shape index (κ3) is 3.71. The van der Waals surface area contributed by atoms with Crippen molar-refractivity contribution in [2.24, 2.45) is 5.73 Å². The highest BCUT2D eigenvalue weighted by atomic mass is 35.5. The van der Waals surface area contributed by atoms with Gasteiger partial charge in [0.05, 0.1) is 6.20 Å².